The second-order valence-electron chi connectivity index (χ2n) is 4.57. The Bertz CT molecular complexity index is 543. The maximum absolute atomic E-state index is 5.64. The molecular weight excluding hydrogens is 274 g/mol. The fraction of sp³-hybridized carbons (Fsp3) is 0.429. The maximum Gasteiger partial charge on any atom is 0.202 e. The molecule has 0 aliphatic carbocycles. The third-order valence-corrected chi connectivity index (χ3v) is 3.33. The van der Waals surface area contributed by atoms with Gasteiger partial charge in [0.15, 0.2) is 0 Å². The van der Waals surface area contributed by atoms with E-state index in [0.29, 0.717) is 19.1 Å². The molecule has 0 amide bonds. The summed E-state index contributed by atoms with van der Waals surface area (Å²) in [4.78, 5) is 4.40. The average Bonchev–Trinajstić information content (AvgIpc) is 2.93. The van der Waals surface area contributed by atoms with Gasteiger partial charge in [-0.25, -0.2) is 4.98 Å². The van der Waals surface area contributed by atoms with Crippen molar-refractivity contribution in [1.29, 1.82) is 0 Å². The largest absolute Gasteiger partial charge is 0.497 e. The van der Waals surface area contributed by atoms with Gasteiger partial charge in [0.05, 0.1) is 13.7 Å². The number of hydrogen-bond acceptors (Lipinski definition) is 6. The van der Waals surface area contributed by atoms with Gasteiger partial charge in [0.2, 0.25) is 5.13 Å². The molecule has 0 atom stereocenters. The smallest absolute Gasteiger partial charge is 0.202 e. The third-order valence-electron chi connectivity index (χ3n) is 2.65. The lowest BCUT2D eigenvalue weighted by atomic mass is 10.2. The number of hydrogen-bond donors (Lipinski definition) is 1. The molecule has 2 aromatic rings. The van der Waals surface area contributed by atoms with Crippen molar-refractivity contribution in [1.82, 2.24) is 9.36 Å². The summed E-state index contributed by atoms with van der Waals surface area (Å²) in [7, 11) is 1.64. The fourth-order valence-corrected chi connectivity index (χ4v) is 2.29. The van der Waals surface area contributed by atoms with Gasteiger partial charge in [-0.1, -0.05) is 19.9 Å². The van der Waals surface area contributed by atoms with Crippen molar-refractivity contribution in [3.05, 3.63) is 30.1 Å². The van der Waals surface area contributed by atoms with Crippen LogP contribution in [0, 0.1) is 0 Å². The molecule has 2 rings (SSSR count). The number of nitrogens with one attached hydrogen (secondary N) is 1. The minimum Gasteiger partial charge on any atom is -0.497 e. The lowest BCUT2D eigenvalue weighted by molar-refractivity contribution is 0.329. The van der Waals surface area contributed by atoms with Gasteiger partial charge in [-0.2, -0.15) is 4.37 Å². The molecule has 1 aromatic heterocycles. The number of benzene rings is 1. The van der Waals surface area contributed by atoms with E-state index in [4.69, 9.17) is 9.47 Å². The minimum atomic E-state index is 0.356. The van der Waals surface area contributed by atoms with Crippen LogP contribution in [0.1, 0.15) is 25.6 Å². The van der Waals surface area contributed by atoms with E-state index in [-0.39, 0.29) is 0 Å². The van der Waals surface area contributed by atoms with Crippen LogP contribution in [-0.4, -0.2) is 29.6 Å². The maximum atomic E-state index is 5.64. The summed E-state index contributed by atoms with van der Waals surface area (Å²) in [6.07, 6.45) is 0. The van der Waals surface area contributed by atoms with Crippen molar-refractivity contribution in [2.75, 3.05) is 25.6 Å². The molecule has 0 aliphatic rings. The van der Waals surface area contributed by atoms with E-state index in [9.17, 15) is 0 Å². The Morgan fingerprint density at radius 1 is 1.30 bits per heavy atom. The van der Waals surface area contributed by atoms with Crippen molar-refractivity contribution in [2.45, 2.75) is 19.8 Å². The van der Waals surface area contributed by atoms with E-state index in [0.717, 1.165) is 22.5 Å². The summed E-state index contributed by atoms with van der Waals surface area (Å²) < 4.78 is 15.1. The zero-order valence-electron chi connectivity index (χ0n) is 11.9. The first-order valence-electron chi connectivity index (χ1n) is 6.53. The highest BCUT2D eigenvalue weighted by molar-refractivity contribution is 7.09. The molecule has 0 saturated heterocycles. The van der Waals surface area contributed by atoms with Gasteiger partial charge in [0, 0.05) is 23.5 Å². The normalized spacial score (nSPS) is 10.6. The zero-order chi connectivity index (χ0) is 14.4. The predicted octanol–water partition coefficient (Wildman–Crippen LogP) is 3.16. The highest BCUT2D eigenvalue weighted by atomic mass is 32.1. The predicted molar refractivity (Wildman–Crippen MR) is 81.0 cm³/mol. The van der Waals surface area contributed by atoms with Crippen LogP contribution in [0.3, 0.4) is 0 Å². The Labute approximate surface area is 123 Å². The molecular formula is C14H19N3O2S. The average molecular weight is 293 g/mol. The molecule has 0 radical (unpaired) electrons. The van der Waals surface area contributed by atoms with Crippen LogP contribution >= 0.6 is 11.5 Å². The monoisotopic (exact) mass is 293 g/mol. The van der Waals surface area contributed by atoms with E-state index >= 15 is 0 Å². The van der Waals surface area contributed by atoms with Crippen molar-refractivity contribution >= 4 is 16.7 Å². The fourth-order valence-electron chi connectivity index (χ4n) is 1.56. The molecule has 5 nitrogen and oxygen atoms in total. The highest BCUT2D eigenvalue weighted by Crippen LogP contribution is 2.19. The van der Waals surface area contributed by atoms with E-state index in [1.807, 2.05) is 24.3 Å². The Balaban J connectivity index is 1.75. The molecule has 108 valence electrons. The summed E-state index contributed by atoms with van der Waals surface area (Å²) in [6.45, 7) is 5.41. The number of nitrogens with zero attached hydrogens (tertiary/aromatic N) is 2. The summed E-state index contributed by atoms with van der Waals surface area (Å²) >= 11 is 1.38. The van der Waals surface area contributed by atoms with E-state index in [1.165, 1.54) is 11.5 Å². The molecule has 0 fully saturated rings. The van der Waals surface area contributed by atoms with Crippen LogP contribution in [0.4, 0.5) is 5.13 Å². The van der Waals surface area contributed by atoms with Gasteiger partial charge in [0.25, 0.3) is 0 Å². The quantitative estimate of drug-likeness (QED) is 0.795. The zero-order valence-corrected chi connectivity index (χ0v) is 12.7. The molecule has 0 aliphatic heterocycles. The van der Waals surface area contributed by atoms with Gasteiger partial charge >= 0.3 is 0 Å². The lowest BCUT2D eigenvalue weighted by Crippen LogP contribution is -2.11. The Hall–Kier alpha value is -1.82. The summed E-state index contributed by atoms with van der Waals surface area (Å²) in [5, 5.41) is 4.04. The summed E-state index contributed by atoms with van der Waals surface area (Å²) in [5.74, 6) is 2.83. The van der Waals surface area contributed by atoms with Crippen LogP contribution in [-0.2, 0) is 0 Å². The van der Waals surface area contributed by atoms with Crippen LogP contribution in [0.2, 0.25) is 0 Å². The van der Waals surface area contributed by atoms with Gasteiger partial charge in [0.1, 0.15) is 23.9 Å². The van der Waals surface area contributed by atoms with Crippen LogP contribution in [0.15, 0.2) is 24.3 Å². The second kappa shape index (κ2) is 7.09. The van der Waals surface area contributed by atoms with Crippen molar-refractivity contribution in [2.24, 2.45) is 0 Å². The Morgan fingerprint density at radius 2 is 2.10 bits per heavy atom. The van der Waals surface area contributed by atoms with E-state index in [2.05, 4.69) is 28.5 Å². The first-order valence-corrected chi connectivity index (χ1v) is 7.30. The molecule has 0 unspecified atom stereocenters. The molecule has 20 heavy (non-hydrogen) atoms. The first kappa shape index (κ1) is 14.6. The topological polar surface area (TPSA) is 56.3 Å². The molecule has 0 spiro atoms. The van der Waals surface area contributed by atoms with Gasteiger partial charge < -0.3 is 14.8 Å². The van der Waals surface area contributed by atoms with Crippen molar-refractivity contribution < 1.29 is 9.47 Å². The summed E-state index contributed by atoms with van der Waals surface area (Å²) in [5.41, 5.74) is 0. The number of anilines is 1. The van der Waals surface area contributed by atoms with Crippen molar-refractivity contribution in [3.63, 3.8) is 0 Å². The molecule has 1 heterocycles. The van der Waals surface area contributed by atoms with Gasteiger partial charge in [-0.05, 0) is 12.1 Å². The highest BCUT2D eigenvalue weighted by Gasteiger charge is 2.06. The van der Waals surface area contributed by atoms with Crippen LogP contribution in [0.25, 0.3) is 0 Å². The van der Waals surface area contributed by atoms with Crippen LogP contribution in [0.5, 0.6) is 11.5 Å². The van der Waals surface area contributed by atoms with E-state index < -0.39 is 0 Å². The summed E-state index contributed by atoms with van der Waals surface area (Å²) in [6, 6.07) is 7.56. The first-order chi connectivity index (χ1) is 9.69. The minimum absolute atomic E-state index is 0.356. The number of aromatic nitrogens is 2. The van der Waals surface area contributed by atoms with Gasteiger partial charge in [-0.3, -0.25) is 0 Å². The number of ether oxygens (including phenoxy) is 2. The van der Waals surface area contributed by atoms with Crippen molar-refractivity contribution in [3.8, 4) is 11.5 Å². The molecule has 0 saturated carbocycles. The Morgan fingerprint density at radius 3 is 2.80 bits per heavy atom. The van der Waals surface area contributed by atoms with E-state index in [1.54, 1.807) is 7.11 Å². The third kappa shape index (κ3) is 4.09. The standard InChI is InChI=1S/C14H19N3O2S/c1-10(2)13-16-14(20-17-13)15-7-8-19-12-6-4-5-11(9-12)18-3/h4-6,9-10H,7-8H2,1-3H3,(H,15,16,17). The lowest BCUT2D eigenvalue weighted by Gasteiger charge is -2.07. The SMILES string of the molecule is COc1cccc(OCCNc2nc(C(C)C)ns2)c1. The van der Waals surface area contributed by atoms with Gasteiger partial charge in [-0.15, -0.1) is 0 Å². The second-order valence-corrected chi connectivity index (χ2v) is 5.32. The molecule has 0 bridgehead atoms. The van der Waals surface area contributed by atoms with Crippen LogP contribution < -0.4 is 14.8 Å². The Kier molecular flexibility index (Phi) is 5.17. The number of methoxy groups -OCH3 is 1. The molecule has 6 heteroatoms. The molecule has 1 aromatic carbocycles. The number of rotatable bonds is 7. The molecule has 1 N–H and O–H groups in total.